The van der Waals surface area contributed by atoms with Crippen LogP contribution in [0.4, 0.5) is 0 Å². The maximum Gasteiger partial charge on any atom is 0.0577 e. The van der Waals surface area contributed by atoms with Crippen molar-refractivity contribution in [1.29, 1.82) is 0 Å². The fraction of sp³-hybridized carbons (Fsp3) is 0.273. The van der Waals surface area contributed by atoms with Gasteiger partial charge in [-0.05, 0) is 24.6 Å². The fourth-order valence-electron chi connectivity index (χ4n) is 0.904. The molecule has 1 aromatic rings. The van der Waals surface area contributed by atoms with Crippen LogP contribution in [0.2, 0.25) is 10.0 Å². The molecule has 0 spiro atoms. The van der Waals surface area contributed by atoms with Gasteiger partial charge in [0.1, 0.15) is 0 Å². The highest BCUT2D eigenvalue weighted by atomic mass is 35.5. The summed E-state index contributed by atoms with van der Waals surface area (Å²) in [6.07, 6.45) is 1.70. The van der Waals surface area contributed by atoms with Crippen LogP contribution < -0.4 is 0 Å². The molecule has 0 fully saturated rings. The van der Waals surface area contributed by atoms with E-state index >= 15 is 0 Å². The molecule has 0 atom stereocenters. The number of benzene rings is 1. The Morgan fingerprint density at radius 1 is 1.21 bits per heavy atom. The lowest BCUT2D eigenvalue weighted by Crippen LogP contribution is -1.77. The molecule has 0 saturated heterocycles. The molecule has 0 aliphatic heterocycles. The van der Waals surface area contributed by atoms with Crippen molar-refractivity contribution in [3.05, 3.63) is 33.8 Å². The van der Waals surface area contributed by atoms with E-state index in [4.69, 9.17) is 34.8 Å². The Morgan fingerprint density at radius 3 is 2.64 bits per heavy atom. The van der Waals surface area contributed by atoms with Gasteiger partial charge < -0.3 is 0 Å². The summed E-state index contributed by atoms with van der Waals surface area (Å²) in [5.41, 5.74) is 0.811. The molecule has 0 heterocycles. The second-order valence-electron chi connectivity index (χ2n) is 2.72. The van der Waals surface area contributed by atoms with Crippen molar-refractivity contribution in [3.8, 4) is 11.8 Å². The summed E-state index contributed by atoms with van der Waals surface area (Å²) in [6, 6.07) is 5.28. The molecule has 14 heavy (non-hydrogen) atoms. The van der Waals surface area contributed by atoms with Gasteiger partial charge in [0, 0.05) is 22.9 Å². The highest BCUT2D eigenvalue weighted by Crippen LogP contribution is 2.19. The number of hydrogen-bond acceptors (Lipinski definition) is 0. The molecule has 0 nitrogen and oxygen atoms in total. The van der Waals surface area contributed by atoms with Crippen molar-refractivity contribution in [2.45, 2.75) is 12.8 Å². The van der Waals surface area contributed by atoms with Crippen LogP contribution in [0.1, 0.15) is 18.4 Å². The van der Waals surface area contributed by atoms with Gasteiger partial charge in [-0.25, -0.2) is 0 Å². The molecule has 0 aliphatic carbocycles. The maximum absolute atomic E-state index is 5.93. The van der Waals surface area contributed by atoms with Gasteiger partial charge >= 0.3 is 0 Å². The van der Waals surface area contributed by atoms with E-state index in [1.165, 1.54) is 0 Å². The van der Waals surface area contributed by atoms with Gasteiger partial charge in [-0.15, -0.1) is 11.6 Å². The van der Waals surface area contributed by atoms with Gasteiger partial charge in [0.05, 0.1) is 5.02 Å². The SMILES string of the molecule is ClCCCC#Cc1ccc(Cl)cc1Cl. The lowest BCUT2D eigenvalue weighted by Gasteiger charge is -1.95. The number of rotatable bonds is 2. The van der Waals surface area contributed by atoms with Crippen molar-refractivity contribution in [1.82, 2.24) is 0 Å². The summed E-state index contributed by atoms with van der Waals surface area (Å²) in [4.78, 5) is 0. The molecular weight excluding hydrogens is 238 g/mol. The van der Waals surface area contributed by atoms with Crippen molar-refractivity contribution >= 4 is 34.8 Å². The quantitative estimate of drug-likeness (QED) is 0.414. The second kappa shape index (κ2) is 6.19. The predicted octanol–water partition coefficient (Wildman–Crippen LogP) is 4.36. The van der Waals surface area contributed by atoms with E-state index < -0.39 is 0 Å². The van der Waals surface area contributed by atoms with Gasteiger partial charge in [-0.3, -0.25) is 0 Å². The molecule has 0 aliphatic rings. The Bertz CT molecular complexity index is 361. The van der Waals surface area contributed by atoms with Crippen molar-refractivity contribution in [3.63, 3.8) is 0 Å². The summed E-state index contributed by atoms with van der Waals surface area (Å²) >= 11 is 17.2. The third-order valence-corrected chi connectivity index (χ3v) is 2.40. The lowest BCUT2D eigenvalue weighted by atomic mass is 10.2. The standard InChI is InChI=1S/C11H9Cl3/c12-7-3-1-2-4-9-5-6-10(13)8-11(9)14/h5-6,8H,1,3,7H2. The van der Waals surface area contributed by atoms with E-state index in [9.17, 15) is 0 Å². The van der Waals surface area contributed by atoms with Crippen molar-refractivity contribution < 1.29 is 0 Å². The molecule has 0 unspecified atom stereocenters. The third kappa shape index (κ3) is 3.80. The first-order valence-corrected chi connectivity index (χ1v) is 5.53. The Labute approximate surface area is 99.2 Å². The molecule has 0 bridgehead atoms. The van der Waals surface area contributed by atoms with E-state index in [1.54, 1.807) is 12.1 Å². The predicted molar refractivity (Wildman–Crippen MR) is 63.3 cm³/mol. The van der Waals surface area contributed by atoms with E-state index in [0.717, 1.165) is 18.4 Å². The topological polar surface area (TPSA) is 0 Å². The first-order valence-electron chi connectivity index (χ1n) is 4.24. The Balaban J connectivity index is 2.70. The van der Waals surface area contributed by atoms with Gasteiger partial charge in [0.15, 0.2) is 0 Å². The van der Waals surface area contributed by atoms with Crippen LogP contribution in [-0.4, -0.2) is 5.88 Å². The summed E-state index contributed by atoms with van der Waals surface area (Å²) < 4.78 is 0. The average molecular weight is 248 g/mol. The number of unbranched alkanes of at least 4 members (excludes halogenated alkanes) is 1. The highest BCUT2D eigenvalue weighted by Gasteiger charge is 1.96. The molecule has 74 valence electrons. The number of hydrogen-bond donors (Lipinski definition) is 0. The van der Waals surface area contributed by atoms with E-state index in [1.807, 2.05) is 6.07 Å². The minimum atomic E-state index is 0.593. The second-order valence-corrected chi connectivity index (χ2v) is 3.94. The van der Waals surface area contributed by atoms with Crippen LogP contribution in [0.15, 0.2) is 18.2 Å². The number of alkyl halides is 1. The summed E-state index contributed by atoms with van der Waals surface area (Å²) in [5, 5.41) is 1.22. The minimum absolute atomic E-state index is 0.593. The summed E-state index contributed by atoms with van der Waals surface area (Å²) in [6.45, 7) is 0. The molecule has 3 heteroatoms. The van der Waals surface area contributed by atoms with E-state index in [-0.39, 0.29) is 0 Å². The molecule has 0 saturated carbocycles. The highest BCUT2D eigenvalue weighted by molar-refractivity contribution is 6.35. The Kier molecular flexibility index (Phi) is 5.19. The monoisotopic (exact) mass is 246 g/mol. The van der Waals surface area contributed by atoms with Crippen molar-refractivity contribution in [2.24, 2.45) is 0 Å². The van der Waals surface area contributed by atoms with E-state index in [2.05, 4.69) is 11.8 Å². The molecular formula is C11H9Cl3. The van der Waals surface area contributed by atoms with Gasteiger partial charge in [0.2, 0.25) is 0 Å². The van der Waals surface area contributed by atoms with Gasteiger partial charge in [-0.2, -0.15) is 0 Å². The summed E-state index contributed by atoms with van der Waals surface area (Å²) in [7, 11) is 0. The van der Waals surface area contributed by atoms with E-state index in [0.29, 0.717) is 15.9 Å². The normalized spacial score (nSPS) is 9.36. The zero-order valence-electron chi connectivity index (χ0n) is 7.49. The minimum Gasteiger partial charge on any atom is -0.127 e. The molecule has 1 aromatic carbocycles. The first-order chi connectivity index (χ1) is 6.74. The maximum atomic E-state index is 5.93. The Hall–Kier alpha value is -0.350. The molecule has 1 rings (SSSR count). The van der Waals surface area contributed by atoms with Crippen LogP contribution in [-0.2, 0) is 0 Å². The molecule has 0 radical (unpaired) electrons. The Morgan fingerprint density at radius 2 is 2.00 bits per heavy atom. The zero-order valence-corrected chi connectivity index (χ0v) is 9.76. The van der Waals surface area contributed by atoms with Crippen LogP contribution in [0.25, 0.3) is 0 Å². The molecule has 0 aromatic heterocycles. The van der Waals surface area contributed by atoms with Crippen LogP contribution >= 0.6 is 34.8 Å². The van der Waals surface area contributed by atoms with Gasteiger partial charge in [0.25, 0.3) is 0 Å². The zero-order chi connectivity index (χ0) is 10.4. The molecule has 0 N–H and O–H groups in total. The smallest absolute Gasteiger partial charge is 0.0577 e. The van der Waals surface area contributed by atoms with Gasteiger partial charge in [-0.1, -0.05) is 35.0 Å². The lowest BCUT2D eigenvalue weighted by molar-refractivity contribution is 0.991. The van der Waals surface area contributed by atoms with Crippen molar-refractivity contribution in [2.75, 3.05) is 5.88 Å². The number of halogens is 3. The van der Waals surface area contributed by atoms with Crippen LogP contribution in [0.3, 0.4) is 0 Å². The fourth-order valence-corrected chi connectivity index (χ4v) is 1.49. The van der Waals surface area contributed by atoms with Crippen LogP contribution in [0.5, 0.6) is 0 Å². The van der Waals surface area contributed by atoms with Crippen LogP contribution in [0, 0.1) is 11.8 Å². The average Bonchev–Trinajstić information content (AvgIpc) is 2.15. The molecule has 0 amide bonds. The largest absolute Gasteiger partial charge is 0.127 e. The third-order valence-electron chi connectivity index (χ3n) is 1.59. The summed E-state index contributed by atoms with van der Waals surface area (Å²) in [5.74, 6) is 6.62. The first kappa shape index (κ1) is 11.7.